The molecule has 0 radical (unpaired) electrons. The molecule has 190 valence electrons. The number of thiazole rings is 1. The van der Waals surface area contributed by atoms with Gasteiger partial charge >= 0.3 is 12.6 Å². The maximum Gasteiger partial charge on any atom is 0.407 e. The van der Waals surface area contributed by atoms with Crippen LogP contribution in [0.1, 0.15) is 18.2 Å². The standard InChI is InChI=1S/C21H20F2N6O5S2/c1-2-10-4-3-5-28(6-10)7-11-8-35-18-14(17(31)29(18)15(11)19(32)33)26-16(30)13(27-34-20(22)23)12-9-36-21(24)25-12/h3-6,9,14,18,20H,2,7-8H2,1H3,(H3-,24,25,26,30,32,33)/p+1/t14?,18-/m0/s1. The molecule has 15 heteroatoms. The van der Waals surface area contributed by atoms with Crippen LogP contribution in [0.2, 0.25) is 0 Å². The summed E-state index contributed by atoms with van der Waals surface area (Å²) in [6.07, 6.45) is 4.55. The zero-order valence-corrected chi connectivity index (χ0v) is 20.4. The first kappa shape index (κ1) is 25.5. The second-order valence-electron chi connectivity index (χ2n) is 7.73. The average molecular weight is 540 g/mol. The van der Waals surface area contributed by atoms with Crippen molar-refractivity contribution in [1.29, 1.82) is 0 Å². The predicted molar refractivity (Wildman–Crippen MR) is 126 cm³/mol. The molecular formula is C21H21F2N6O5S2+. The number of hydrogen-bond donors (Lipinski definition) is 3. The molecule has 2 aliphatic rings. The molecule has 0 aromatic carbocycles. The predicted octanol–water partition coefficient (Wildman–Crippen LogP) is 0.957. The van der Waals surface area contributed by atoms with Gasteiger partial charge in [0, 0.05) is 28.3 Å². The summed E-state index contributed by atoms with van der Waals surface area (Å²) in [7, 11) is 0. The highest BCUT2D eigenvalue weighted by Gasteiger charge is 2.54. The van der Waals surface area contributed by atoms with Gasteiger partial charge in [0.05, 0.1) is 0 Å². The highest BCUT2D eigenvalue weighted by atomic mass is 32.2. The molecular weight excluding hydrogens is 518 g/mol. The van der Waals surface area contributed by atoms with Crippen LogP contribution < -0.4 is 15.6 Å². The number of carbonyl (C=O) groups is 3. The Morgan fingerprint density at radius 3 is 2.89 bits per heavy atom. The van der Waals surface area contributed by atoms with Gasteiger partial charge in [0.2, 0.25) is 0 Å². The highest BCUT2D eigenvalue weighted by molar-refractivity contribution is 8.00. The largest absolute Gasteiger partial charge is 0.477 e. The van der Waals surface area contributed by atoms with E-state index in [2.05, 4.69) is 20.3 Å². The number of rotatable bonds is 9. The van der Waals surface area contributed by atoms with Crippen molar-refractivity contribution in [3.8, 4) is 0 Å². The number of carboxylic acid groups (broad SMARTS) is 1. The number of aromatic nitrogens is 2. The van der Waals surface area contributed by atoms with Crippen LogP contribution in [-0.2, 0) is 32.2 Å². The van der Waals surface area contributed by atoms with Crippen molar-refractivity contribution in [1.82, 2.24) is 15.2 Å². The molecule has 4 heterocycles. The lowest BCUT2D eigenvalue weighted by Crippen LogP contribution is -2.71. The molecule has 0 saturated carbocycles. The molecule has 1 fully saturated rings. The van der Waals surface area contributed by atoms with E-state index in [1.54, 1.807) is 0 Å². The minimum Gasteiger partial charge on any atom is -0.477 e. The van der Waals surface area contributed by atoms with Crippen LogP contribution in [0.15, 0.2) is 46.3 Å². The Morgan fingerprint density at radius 2 is 2.25 bits per heavy atom. The zero-order valence-electron chi connectivity index (χ0n) is 18.8. The van der Waals surface area contributed by atoms with Gasteiger partial charge in [-0.25, -0.2) is 14.3 Å². The van der Waals surface area contributed by atoms with Crippen LogP contribution in [-0.4, -0.2) is 62.3 Å². The number of carboxylic acids is 1. The number of anilines is 1. The van der Waals surface area contributed by atoms with Crippen LogP contribution in [0.4, 0.5) is 13.9 Å². The van der Waals surface area contributed by atoms with Crippen LogP contribution in [0.25, 0.3) is 0 Å². The van der Waals surface area contributed by atoms with E-state index in [1.165, 1.54) is 17.1 Å². The Kier molecular flexibility index (Phi) is 7.49. The quantitative estimate of drug-likeness (QED) is 0.185. The maximum absolute atomic E-state index is 12.9. The third-order valence-corrected chi connectivity index (χ3v) is 7.45. The number of β-lactam (4-membered cyclic amide) rings is 1. The van der Waals surface area contributed by atoms with Crippen LogP contribution in [0, 0.1) is 0 Å². The summed E-state index contributed by atoms with van der Waals surface area (Å²) in [6.45, 7) is -0.992. The summed E-state index contributed by atoms with van der Waals surface area (Å²) in [6, 6.07) is 2.73. The van der Waals surface area contributed by atoms with E-state index in [1.807, 2.05) is 36.0 Å². The number of thioether (sulfide) groups is 1. The molecule has 0 spiro atoms. The van der Waals surface area contributed by atoms with E-state index in [4.69, 9.17) is 5.73 Å². The van der Waals surface area contributed by atoms with Gasteiger partial charge in [-0.15, -0.1) is 23.1 Å². The van der Waals surface area contributed by atoms with Crippen molar-refractivity contribution in [2.75, 3.05) is 11.5 Å². The first-order valence-corrected chi connectivity index (χ1v) is 12.5. The number of nitrogens with two attached hydrogens (primary N) is 1. The minimum absolute atomic E-state index is 0.0717. The van der Waals surface area contributed by atoms with Gasteiger partial charge in [-0.3, -0.25) is 14.5 Å². The molecule has 2 atom stereocenters. The average Bonchev–Trinajstić information content (AvgIpc) is 3.27. The lowest BCUT2D eigenvalue weighted by atomic mass is 10.0. The first-order valence-electron chi connectivity index (χ1n) is 10.6. The molecule has 2 amide bonds. The normalized spacial score (nSPS) is 19.7. The van der Waals surface area contributed by atoms with Gasteiger partial charge in [0.25, 0.3) is 11.8 Å². The number of aryl methyl sites for hydroxylation is 1. The zero-order chi connectivity index (χ0) is 26.0. The first-order chi connectivity index (χ1) is 17.2. The number of nitrogen functional groups attached to an aromatic ring is 1. The third-order valence-electron chi connectivity index (χ3n) is 5.44. The SMILES string of the molecule is CCc1ccc[n+](CC2=C(C(=O)O)N3C(=O)C(NC(=O)C(=NOC(F)F)c4csc(N)n4)[C@@H]3SC2)c1. The summed E-state index contributed by atoms with van der Waals surface area (Å²) in [4.78, 5) is 46.8. The maximum atomic E-state index is 12.9. The van der Waals surface area contributed by atoms with Crippen molar-refractivity contribution >= 4 is 51.7 Å². The monoisotopic (exact) mass is 539 g/mol. The number of hydrogen-bond acceptors (Lipinski definition) is 9. The molecule has 0 bridgehead atoms. The lowest BCUT2D eigenvalue weighted by molar-refractivity contribution is -0.689. The van der Waals surface area contributed by atoms with Crippen LogP contribution in [0.5, 0.6) is 0 Å². The molecule has 4 N–H and O–H groups in total. The molecule has 4 rings (SSSR count). The summed E-state index contributed by atoms with van der Waals surface area (Å²) < 4.78 is 26.9. The molecule has 36 heavy (non-hydrogen) atoms. The Bertz CT molecular complexity index is 1270. The highest BCUT2D eigenvalue weighted by Crippen LogP contribution is 2.40. The fourth-order valence-electron chi connectivity index (χ4n) is 3.81. The van der Waals surface area contributed by atoms with E-state index in [0.717, 1.165) is 28.2 Å². The molecule has 1 unspecified atom stereocenters. The Hall–Kier alpha value is -3.59. The van der Waals surface area contributed by atoms with Gasteiger partial charge in [-0.05, 0) is 12.5 Å². The van der Waals surface area contributed by atoms with Crippen LogP contribution >= 0.6 is 23.1 Å². The summed E-state index contributed by atoms with van der Waals surface area (Å²) in [5.41, 5.74) is 6.36. The van der Waals surface area contributed by atoms with Gasteiger partial charge < -0.3 is 21.0 Å². The number of alkyl halides is 2. The molecule has 1 saturated heterocycles. The van der Waals surface area contributed by atoms with Gasteiger partial charge in [0.1, 0.15) is 22.8 Å². The summed E-state index contributed by atoms with van der Waals surface area (Å²) in [5.74, 6) is -2.58. The van der Waals surface area contributed by atoms with E-state index in [9.17, 15) is 28.3 Å². The number of aliphatic carboxylic acids is 1. The number of carbonyl (C=O) groups excluding carboxylic acids is 2. The number of amides is 2. The molecule has 0 aliphatic carbocycles. The number of nitrogens with one attached hydrogen (secondary N) is 1. The van der Waals surface area contributed by atoms with Crippen molar-refractivity contribution in [3.05, 3.63) is 52.4 Å². The molecule has 2 aromatic heterocycles. The van der Waals surface area contributed by atoms with Crippen molar-refractivity contribution in [2.24, 2.45) is 5.16 Å². The molecule has 11 nitrogen and oxygen atoms in total. The fourth-order valence-corrected chi connectivity index (χ4v) is 5.70. The molecule has 2 aliphatic heterocycles. The Balaban J connectivity index is 1.54. The fraction of sp³-hybridized carbons (Fsp3) is 0.333. The van der Waals surface area contributed by atoms with Gasteiger partial charge in [-0.1, -0.05) is 12.1 Å². The van der Waals surface area contributed by atoms with E-state index < -0.39 is 41.5 Å². The van der Waals surface area contributed by atoms with Gasteiger partial charge in [-0.2, -0.15) is 8.78 Å². The minimum atomic E-state index is -3.28. The third kappa shape index (κ3) is 5.16. The number of fused-ring (bicyclic) bond motifs is 1. The Labute approximate surface area is 211 Å². The molecule has 2 aromatic rings. The second kappa shape index (κ2) is 10.6. The smallest absolute Gasteiger partial charge is 0.407 e. The van der Waals surface area contributed by atoms with Gasteiger partial charge in [0.15, 0.2) is 29.8 Å². The lowest BCUT2D eigenvalue weighted by Gasteiger charge is -2.49. The summed E-state index contributed by atoms with van der Waals surface area (Å²) in [5, 5.41) is 16.2. The van der Waals surface area contributed by atoms with E-state index in [0.29, 0.717) is 11.3 Å². The Morgan fingerprint density at radius 1 is 1.47 bits per heavy atom. The summed E-state index contributed by atoms with van der Waals surface area (Å²) >= 11 is 2.24. The number of nitrogens with zero attached hydrogens (tertiary/aromatic N) is 4. The van der Waals surface area contributed by atoms with Crippen molar-refractivity contribution < 1.29 is 37.7 Å². The number of oxime groups is 1. The second-order valence-corrected chi connectivity index (χ2v) is 9.73. The van der Waals surface area contributed by atoms with Crippen molar-refractivity contribution in [3.63, 3.8) is 0 Å². The number of halogens is 2. The van der Waals surface area contributed by atoms with E-state index >= 15 is 0 Å². The number of pyridine rings is 1. The van der Waals surface area contributed by atoms with E-state index in [-0.39, 0.29) is 23.1 Å². The van der Waals surface area contributed by atoms with Crippen molar-refractivity contribution in [2.45, 2.75) is 37.9 Å². The topological polar surface area (TPSA) is 151 Å². The van der Waals surface area contributed by atoms with Crippen LogP contribution in [0.3, 0.4) is 0 Å².